The van der Waals surface area contributed by atoms with Gasteiger partial charge in [0.15, 0.2) is 4.77 Å². The first-order valence-corrected chi connectivity index (χ1v) is 6.20. The average molecular weight is 247 g/mol. The minimum Gasteiger partial charge on any atom is -0.301 e. The van der Waals surface area contributed by atoms with E-state index in [4.69, 9.17) is 12.2 Å². The fourth-order valence-electron chi connectivity index (χ4n) is 1.97. The maximum atomic E-state index is 5.24. The molecule has 2 rings (SSSR count). The molecule has 1 N–H and O–H groups in total. The van der Waals surface area contributed by atoms with Crippen LogP contribution in [0.4, 0.5) is 0 Å². The number of rotatable bonds is 3. The summed E-state index contributed by atoms with van der Waals surface area (Å²) in [6.45, 7) is 6.36. The third-order valence-corrected chi connectivity index (χ3v) is 3.19. The molecule has 0 radical (unpaired) electrons. The smallest absolute Gasteiger partial charge is 0.195 e. The summed E-state index contributed by atoms with van der Waals surface area (Å²) in [7, 11) is 0. The van der Waals surface area contributed by atoms with E-state index in [-0.39, 0.29) is 0 Å². The topological polar surface area (TPSA) is 33.6 Å². The number of H-pyrrole nitrogens is 1. The van der Waals surface area contributed by atoms with Crippen LogP contribution in [0.5, 0.6) is 0 Å². The van der Waals surface area contributed by atoms with Crippen LogP contribution < -0.4 is 0 Å². The van der Waals surface area contributed by atoms with E-state index in [2.05, 4.69) is 59.8 Å². The Morgan fingerprint density at radius 1 is 1.35 bits per heavy atom. The first-order valence-electron chi connectivity index (χ1n) is 5.80. The van der Waals surface area contributed by atoms with Gasteiger partial charge in [-0.25, -0.2) is 0 Å². The zero-order chi connectivity index (χ0) is 12.4. The Morgan fingerprint density at radius 3 is 2.71 bits per heavy atom. The molecule has 1 aromatic carbocycles. The molecule has 3 nitrogen and oxygen atoms in total. The number of aromatic nitrogens is 3. The number of aromatic amines is 1. The molecule has 0 spiro atoms. The second-order valence-corrected chi connectivity index (χ2v) is 4.90. The van der Waals surface area contributed by atoms with Crippen molar-refractivity contribution in [3.05, 3.63) is 46.0 Å². The Hall–Kier alpha value is -1.42. The molecule has 0 aliphatic rings. The van der Waals surface area contributed by atoms with Crippen LogP contribution >= 0.6 is 12.2 Å². The van der Waals surface area contributed by atoms with Gasteiger partial charge in [-0.05, 0) is 44.1 Å². The first kappa shape index (κ1) is 12.0. The van der Waals surface area contributed by atoms with E-state index in [1.807, 2.05) is 0 Å². The van der Waals surface area contributed by atoms with Crippen LogP contribution in [0.2, 0.25) is 0 Å². The number of nitrogens with zero attached hydrogens (tertiary/aromatic N) is 2. The standard InChI is InChI=1S/C13H17N3S/c1-9(2)16-12(14-15-13(16)17)8-11-7-5-4-6-10(11)3/h4-7,9H,8H2,1-3H3,(H,15,17). The minimum absolute atomic E-state index is 0.334. The van der Waals surface area contributed by atoms with E-state index in [9.17, 15) is 0 Å². The Bertz CT molecular complexity index is 566. The number of benzene rings is 1. The van der Waals surface area contributed by atoms with Gasteiger partial charge in [0.2, 0.25) is 0 Å². The van der Waals surface area contributed by atoms with Gasteiger partial charge in [-0.2, -0.15) is 5.10 Å². The number of aryl methyl sites for hydroxylation is 1. The predicted molar refractivity (Wildman–Crippen MR) is 71.8 cm³/mol. The summed E-state index contributed by atoms with van der Waals surface area (Å²) < 4.78 is 2.77. The van der Waals surface area contributed by atoms with Crippen molar-refractivity contribution in [2.45, 2.75) is 33.2 Å². The van der Waals surface area contributed by atoms with Gasteiger partial charge in [0.25, 0.3) is 0 Å². The highest BCUT2D eigenvalue weighted by molar-refractivity contribution is 7.71. The molecule has 0 atom stereocenters. The second-order valence-electron chi connectivity index (χ2n) is 4.51. The maximum Gasteiger partial charge on any atom is 0.195 e. The van der Waals surface area contributed by atoms with Gasteiger partial charge in [-0.15, -0.1) is 0 Å². The molecular formula is C13H17N3S. The average Bonchev–Trinajstić information content (AvgIpc) is 2.63. The molecule has 0 amide bonds. The van der Waals surface area contributed by atoms with E-state index in [1.54, 1.807) is 0 Å². The quantitative estimate of drug-likeness (QED) is 0.843. The monoisotopic (exact) mass is 247 g/mol. The van der Waals surface area contributed by atoms with Gasteiger partial charge in [-0.3, -0.25) is 5.10 Å². The summed E-state index contributed by atoms with van der Waals surface area (Å²) in [6.07, 6.45) is 0.817. The van der Waals surface area contributed by atoms with Crippen molar-refractivity contribution in [2.75, 3.05) is 0 Å². The van der Waals surface area contributed by atoms with Crippen LogP contribution in [-0.4, -0.2) is 14.8 Å². The molecule has 4 heteroatoms. The van der Waals surface area contributed by atoms with Crippen LogP contribution in [0.25, 0.3) is 0 Å². The lowest BCUT2D eigenvalue weighted by molar-refractivity contribution is 0.567. The molecule has 0 aliphatic carbocycles. The molecule has 17 heavy (non-hydrogen) atoms. The normalized spacial score (nSPS) is 11.1. The van der Waals surface area contributed by atoms with Crippen LogP contribution in [0, 0.1) is 11.7 Å². The SMILES string of the molecule is Cc1ccccc1Cc1n[nH]c(=S)n1C(C)C. The third-order valence-electron chi connectivity index (χ3n) is 2.90. The fraction of sp³-hybridized carbons (Fsp3) is 0.385. The van der Waals surface area contributed by atoms with Crippen LogP contribution in [0.15, 0.2) is 24.3 Å². The van der Waals surface area contributed by atoms with Crippen molar-refractivity contribution in [1.82, 2.24) is 14.8 Å². The summed E-state index contributed by atoms with van der Waals surface area (Å²) in [5.74, 6) is 0.999. The first-order chi connectivity index (χ1) is 8.09. The summed E-state index contributed by atoms with van der Waals surface area (Å²) in [5, 5.41) is 7.19. The van der Waals surface area contributed by atoms with Crippen molar-refractivity contribution in [3.8, 4) is 0 Å². The lowest BCUT2D eigenvalue weighted by atomic mass is 10.1. The number of hydrogen-bond donors (Lipinski definition) is 1. The molecule has 90 valence electrons. The van der Waals surface area contributed by atoms with Crippen molar-refractivity contribution in [1.29, 1.82) is 0 Å². The Kier molecular flexibility index (Phi) is 3.43. The maximum absolute atomic E-state index is 5.24. The van der Waals surface area contributed by atoms with Crippen molar-refractivity contribution in [3.63, 3.8) is 0 Å². The van der Waals surface area contributed by atoms with Gasteiger partial charge >= 0.3 is 0 Å². The highest BCUT2D eigenvalue weighted by Crippen LogP contribution is 2.15. The molecule has 0 fully saturated rings. The fourth-order valence-corrected chi connectivity index (χ4v) is 2.34. The van der Waals surface area contributed by atoms with Crippen molar-refractivity contribution >= 4 is 12.2 Å². The zero-order valence-corrected chi connectivity index (χ0v) is 11.2. The molecule has 0 saturated carbocycles. The molecule has 1 heterocycles. The van der Waals surface area contributed by atoms with Gasteiger partial charge in [0.1, 0.15) is 5.82 Å². The number of hydrogen-bond acceptors (Lipinski definition) is 2. The highest BCUT2D eigenvalue weighted by atomic mass is 32.1. The summed E-state index contributed by atoms with van der Waals surface area (Å²) >= 11 is 5.24. The summed E-state index contributed by atoms with van der Waals surface area (Å²) in [6, 6.07) is 8.70. The van der Waals surface area contributed by atoms with Gasteiger partial charge in [0.05, 0.1) is 0 Å². The molecule has 0 unspecified atom stereocenters. The summed E-state index contributed by atoms with van der Waals surface area (Å²) in [4.78, 5) is 0. The van der Waals surface area contributed by atoms with E-state index in [0.29, 0.717) is 10.8 Å². The number of nitrogens with one attached hydrogen (secondary N) is 1. The molecule has 1 aromatic heterocycles. The Morgan fingerprint density at radius 2 is 2.06 bits per heavy atom. The van der Waals surface area contributed by atoms with Crippen LogP contribution in [-0.2, 0) is 6.42 Å². The Labute approximate surface area is 106 Å². The van der Waals surface area contributed by atoms with Crippen LogP contribution in [0.3, 0.4) is 0 Å². The van der Waals surface area contributed by atoms with Crippen molar-refractivity contribution in [2.24, 2.45) is 0 Å². The molecule has 2 aromatic rings. The molecule has 0 bridgehead atoms. The minimum atomic E-state index is 0.334. The summed E-state index contributed by atoms with van der Waals surface area (Å²) in [5.41, 5.74) is 2.58. The highest BCUT2D eigenvalue weighted by Gasteiger charge is 2.10. The van der Waals surface area contributed by atoms with E-state index in [1.165, 1.54) is 11.1 Å². The van der Waals surface area contributed by atoms with Crippen LogP contribution in [0.1, 0.15) is 36.8 Å². The molecule has 0 saturated heterocycles. The zero-order valence-electron chi connectivity index (χ0n) is 10.4. The third kappa shape index (κ3) is 2.47. The van der Waals surface area contributed by atoms with Crippen molar-refractivity contribution < 1.29 is 0 Å². The molecule has 0 aliphatic heterocycles. The lowest BCUT2D eigenvalue weighted by Crippen LogP contribution is -2.07. The van der Waals surface area contributed by atoms with E-state index in [0.717, 1.165) is 12.2 Å². The van der Waals surface area contributed by atoms with E-state index < -0.39 is 0 Å². The predicted octanol–water partition coefficient (Wildman–Crippen LogP) is 3.42. The molecular weight excluding hydrogens is 230 g/mol. The Balaban J connectivity index is 2.37. The van der Waals surface area contributed by atoms with E-state index >= 15 is 0 Å². The van der Waals surface area contributed by atoms with Gasteiger partial charge < -0.3 is 4.57 Å². The second kappa shape index (κ2) is 4.84. The van der Waals surface area contributed by atoms with Gasteiger partial charge in [-0.1, -0.05) is 24.3 Å². The lowest BCUT2D eigenvalue weighted by Gasteiger charge is -2.11. The van der Waals surface area contributed by atoms with Gasteiger partial charge in [0, 0.05) is 12.5 Å². The largest absolute Gasteiger partial charge is 0.301 e.